The Hall–Kier alpha value is -1.69. The fraction of sp³-hybridized carbons (Fsp3) is 0.368. The van der Waals surface area contributed by atoms with Gasteiger partial charge >= 0.3 is 0 Å². The predicted molar refractivity (Wildman–Crippen MR) is 93.0 cm³/mol. The first kappa shape index (κ1) is 17.1. The smallest absolute Gasteiger partial charge is 0.294 e. The van der Waals surface area contributed by atoms with Gasteiger partial charge in [0.1, 0.15) is 0 Å². The molecule has 24 heavy (non-hydrogen) atoms. The van der Waals surface area contributed by atoms with Gasteiger partial charge in [0.15, 0.2) is 4.93 Å². The number of aliphatic hydroxyl groups is 1. The molecule has 1 aliphatic rings. The highest BCUT2D eigenvalue weighted by atomic mass is 32.2. The predicted octanol–water partition coefficient (Wildman–Crippen LogP) is 3.07. The van der Waals surface area contributed by atoms with Crippen LogP contribution >= 0.6 is 0 Å². The van der Waals surface area contributed by atoms with Crippen molar-refractivity contribution in [3.8, 4) is 0 Å². The van der Waals surface area contributed by atoms with Crippen molar-refractivity contribution in [3.05, 3.63) is 71.8 Å². The molecule has 0 bridgehead atoms. The Morgan fingerprint density at radius 3 is 1.54 bits per heavy atom. The van der Waals surface area contributed by atoms with Crippen LogP contribution < -0.4 is 0 Å². The van der Waals surface area contributed by atoms with E-state index in [4.69, 9.17) is 0 Å². The van der Waals surface area contributed by atoms with Gasteiger partial charge in [0, 0.05) is 0 Å². The first-order valence-corrected chi connectivity index (χ1v) is 9.59. The van der Waals surface area contributed by atoms with Crippen molar-refractivity contribution in [3.63, 3.8) is 0 Å². The zero-order valence-corrected chi connectivity index (χ0v) is 14.2. The lowest BCUT2D eigenvalue weighted by Gasteiger charge is -2.19. The van der Waals surface area contributed by atoms with Crippen LogP contribution in [0.15, 0.2) is 60.7 Å². The van der Waals surface area contributed by atoms with Crippen molar-refractivity contribution in [2.75, 3.05) is 0 Å². The maximum absolute atomic E-state index is 11.7. The fourth-order valence-electron chi connectivity index (χ4n) is 3.76. The van der Waals surface area contributed by atoms with Crippen molar-refractivity contribution >= 4 is 10.1 Å². The third kappa shape index (κ3) is 3.69. The number of benzene rings is 2. The highest BCUT2D eigenvalue weighted by Crippen LogP contribution is 2.45. The molecule has 2 aromatic carbocycles. The number of hydrogen-bond acceptors (Lipinski definition) is 3. The maximum Gasteiger partial charge on any atom is 0.294 e. The van der Waals surface area contributed by atoms with Crippen molar-refractivity contribution in [1.82, 2.24) is 0 Å². The minimum atomic E-state index is -4.50. The average Bonchev–Trinajstić information content (AvgIpc) is 2.86. The summed E-state index contributed by atoms with van der Waals surface area (Å²) in [7, 11) is -4.50. The van der Waals surface area contributed by atoms with Gasteiger partial charge in [-0.25, -0.2) is 0 Å². The third-order valence-electron chi connectivity index (χ3n) is 4.99. The van der Waals surface area contributed by atoms with E-state index >= 15 is 0 Å². The number of hydrogen-bond donors (Lipinski definition) is 2. The van der Waals surface area contributed by atoms with Gasteiger partial charge in [-0.3, -0.25) is 4.55 Å². The minimum Gasteiger partial charge on any atom is -0.372 e. The Balaban J connectivity index is 1.84. The Bertz CT molecular complexity index is 722. The standard InChI is InChI=1S/C19H22O4S/c20-19(24(21,22)23)13-17(11-15-7-3-1-4-8-15)18(14-19)12-16-9-5-2-6-10-16/h1-10,17-18,20H,11-14H2,(H,21,22,23). The lowest BCUT2D eigenvalue weighted by molar-refractivity contribution is 0.113. The van der Waals surface area contributed by atoms with Gasteiger partial charge in [0.25, 0.3) is 10.1 Å². The third-order valence-corrected chi connectivity index (χ3v) is 6.28. The maximum atomic E-state index is 11.7. The molecule has 2 aromatic rings. The Morgan fingerprint density at radius 1 is 0.833 bits per heavy atom. The summed E-state index contributed by atoms with van der Waals surface area (Å²) in [6, 6.07) is 19.7. The van der Waals surface area contributed by atoms with Crippen molar-refractivity contribution in [1.29, 1.82) is 0 Å². The van der Waals surface area contributed by atoms with E-state index in [1.807, 2.05) is 60.7 Å². The van der Waals surface area contributed by atoms with Crippen LogP contribution in [0.25, 0.3) is 0 Å². The zero-order valence-electron chi connectivity index (χ0n) is 13.4. The summed E-state index contributed by atoms with van der Waals surface area (Å²) in [5.41, 5.74) is 2.22. The van der Waals surface area contributed by atoms with Gasteiger partial charge < -0.3 is 5.11 Å². The molecule has 1 aliphatic carbocycles. The van der Waals surface area contributed by atoms with Crippen LogP contribution in [0.4, 0.5) is 0 Å². The van der Waals surface area contributed by atoms with E-state index in [1.54, 1.807) is 0 Å². The second-order valence-corrected chi connectivity index (χ2v) is 8.44. The van der Waals surface area contributed by atoms with E-state index in [2.05, 4.69) is 0 Å². The van der Waals surface area contributed by atoms with Gasteiger partial charge in [0.05, 0.1) is 0 Å². The Labute approximate surface area is 142 Å². The number of rotatable bonds is 5. The molecule has 0 spiro atoms. The van der Waals surface area contributed by atoms with E-state index in [1.165, 1.54) is 0 Å². The summed E-state index contributed by atoms with van der Waals surface area (Å²) in [5, 5.41) is 10.5. The van der Waals surface area contributed by atoms with Crippen LogP contribution in [0.5, 0.6) is 0 Å². The summed E-state index contributed by atoms with van der Waals surface area (Å²) < 4.78 is 32.8. The summed E-state index contributed by atoms with van der Waals surface area (Å²) in [5.74, 6) is -0.000868. The van der Waals surface area contributed by atoms with E-state index < -0.39 is 15.1 Å². The first-order valence-electron chi connectivity index (χ1n) is 8.15. The van der Waals surface area contributed by atoms with Gasteiger partial charge in [-0.1, -0.05) is 60.7 Å². The van der Waals surface area contributed by atoms with Crippen LogP contribution in [0.3, 0.4) is 0 Å². The van der Waals surface area contributed by atoms with Crippen LogP contribution in [-0.2, 0) is 23.0 Å². The molecular formula is C19H22O4S. The molecule has 0 radical (unpaired) electrons. The highest BCUT2D eigenvalue weighted by molar-refractivity contribution is 7.87. The summed E-state index contributed by atoms with van der Waals surface area (Å²) >= 11 is 0. The molecule has 2 unspecified atom stereocenters. The van der Waals surface area contributed by atoms with Crippen LogP contribution in [-0.4, -0.2) is 23.0 Å². The Kier molecular flexibility index (Phi) is 4.76. The second kappa shape index (κ2) is 6.67. The van der Waals surface area contributed by atoms with E-state index in [-0.39, 0.29) is 24.7 Å². The van der Waals surface area contributed by atoms with E-state index in [0.29, 0.717) is 12.8 Å². The lowest BCUT2D eigenvalue weighted by Crippen LogP contribution is -2.35. The minimum absolute atomic E-state index is 0.000434. The molecule has 0 heterocycles. The molecule has 0 aliphatic heterocycles. The van der Waals surface area contributed by atoms with E-state index in [9.17, 15) is 18.1 Å². The highest BCUT2D eigenvalue weighted by Gasteiger charge is 2.51. The van der Waals surface area contributed by atoms with Gasteiger partial charge in [-0.2, -0.15) is 8.42 Å². The molecule has 5 heteroatoms. The molecule has 2 N–H and O–H groups in total. The normalized spacial score (nSPS) is 27.2. The molecule has 0 aromatic heterocycles. The quantitative estimate of drug-likeness (QED) is 0.816. The fourth-order valence-corrected chi connectivity index (χ4v) is 4.61. The van der Waals surface area contributed by atoms with Gasteiger partial charge in [0.2, 0.25) is 0 Å². The second-order valence-electron chi connectivity index (χ2n) is 6.73. The lowest BCUT2D eigenvalue weighted by atomic mass is 9.85. The van der Waals surface area contributed by atoms with Crippen molar-refractivity contribution < 1.29 is 18.1 Å². The van der Waals surface area contributed by atoms with Gasteiger partial charge in [-0.05, 0) is 48.6 Å². The molecule has 0 saturated heterocycles. The molecule has 1 fully saturated rings. The summed E-state index contributed by atoms with van der Waals surface area (Å²) in [6.45, 7) is 0. The molecule has 3 rings (SSSR count). The van der Waals surface area contributed by atoms with Crippen LogP contribution in [0.2, 0.25) is 0 Å². The Morgan fingerprint density at radius 2 is 1.21 bits per heavy atom. The van der Waals surface area contributed by atoms with Crippen molar-refractivity contribution in [2.24, 2.45) is 11.8 Å². The van der Waals surface area contributed by atoms with Gasteiger partial charge in [-0.15, -0.1) is 0 Å². The monoisotopic (exact) mass is 346 g/mol. The molecule has 1 saturated carbocycles. The van der Waals surface area contributed by atoms with E-state index in [0.717, 1.165) is 11.1 Å². The SMILES string of the molecule is O=S(=O)(O)C1(O)CC(Cc2ccccc2)C(Cc2ccccc2)C1. The topological polar surface area (TPSA) is 74.6 Å². The first-order chi connectivity index (χ1) is 11.4. The zero-order chi connectivity index (χ0) is 17.2. The molecular weight excluding hydrogens is 324 g/mol. The molecule has 0 amide bonds. The van der Waals surface area contributed by atoms with Crippen LogP contribution in [0, 0.1) is 11.8 Å². The van der Waals surface area contributed by atoms with Crippen molar-refractivity contribution in [2.45, 2.75) is 30.6 Å². The summed E-state index contributed by atoms with van der Waals surface area (Å²) in [4.78, 5) is -2.04. The molecule has 128 valence electrons. The average molecular weight is 346 g/mol. The largest absolute Gasteiger partial charge is 0.372 e. The summed E-state index contributed by atoms with van der Waals surface area (Å²) in [6.07, 6.45) is 1.52. The molecule has 2 atom stereocenters. The van der Waals surface area contributed by atoms with Crippen LogP contribution in [0.1, 0.15) is 24.0 Å². The molecule has 4 nitrogen and oxygen atoms in total.